The van der Waals surface area contributed by atoms with Gasteiger partial charge in [-0.3, -0.25) is 4.79 Å². The number of tetrazole rings is 1. The molecule has 0 aliphatic heterocycles. The number of amides is 1. The lowest BCUT2D eigenvalue weighted by atomic mass is 10.1. The minimum absolute atomic E-state index is 0.0205. The molecule has 2 rings (SSSR count). The molecule has 0 saturated heterocycles. The van der Waals surface area contributed by atoms with Gasteiger partial charge in [-0.05, 0) is 43.7 Å². The molecule has 0 spiro atoms. The average molecular weight is 319 g/mol. The molecule has 0 radical (unpaired) electrons. The summed E-state index contributed by atoms with van der Waals surface area (Å²) in [5.41, 5.74) is 0.875. The number of carbonyl (C=O) groups is 1. The average Bonchev–Trinajstić information content (AvgIpc) is 2.94. The molecule has 0 saturated carbocycles. The van der Waals surface area contributed by atoms with Crippen LogP contribution in [0.15, 0.2) is 35.5 Å². The Bertz CT molecular complexity index is 620. The number of nitrogens with zero attached hydrogens (tertiary/aromatic N) is 4. The number of hydrogen-bond donors (Lipinski definition) is 1. The third kappa shape index (κ3) is 4.30. The summed E-state index contributed by atoms with van der Waals surface area (Å²) >= 11 is 1.34. The van der Waals surface area contributed by atoms with Gasteiger partial charge in [-0.15, -0.1) is 5.10 Å². The maximum absolute atomic E-state index is 12.1. The summed E-state index contributed by atoms with van der Waals surface area (Å²) in [5.74, 6) is 0.248. The van der Waals surface area contributed by atoms with Crippen molar-refractivity contribution < 1.29 is 4.79 Å². The fourth-order valence-electron chi connectivity index (χ4n) is 1.93. The van der Waals surface area contributed by atoms with Crippen molar-refractivity contribution in [3.05, 3.63) is 35.9 Å². The Morgan fingerprint density at radius 2 is 2.00 bits per heavy atom. The maximum atomic E-state index is 12.1. The van der Waals surface area contributed by atoms with Crippen LogP contribution in [-0.2, 0) is 10.3 Å². The predicted octanol–water partition coefficient (Wildman–Crippen LogP) is 2.40. The Labute approximate surface area is 134 Å². The second-order valence-electron chi connectivity index (χ2n) is 6.03. The molecule has 0 bridgehead atoms. The topological polar surface area (TPSA) is 72.7 Å². The van der Waals surface area contributed by atoms with Crippen LogP contribution >= 0.6 is 11.8 Å². The highest BCUT2D eigenvalue weighted by atomic mass is 32.2. The fourth-order valence-corrected chi connectivity index (χ4v) is 2.80. The minimum Gasteiger partial charge on any atom is -0.349 e. The molecule has 118 valence electrons. The van der Waals surface area contributed by atoms with E-state index in [1.54, 1.807) is 4.68 Å². The molecule has 1 atom stereocenters. The summed E-state index contributed by atoms with van der Waals surface area (Å²) < 4.78 is 1.73. The van der Waals surface area contributed by atoms with Gasteiger partial charge in [-0.25, -0.2) is 4.68 Å². The van der Waals surface area contributed by atoms with Crippen LogP contribution in [0.5, 0.6) is 0 Å². The molecule has 1 unspecified atom stereocenters. The summed E-state index contributed by atoms with van der Waals surface area (Å²) in [7, 11) is 0. The summed E-state index contributed by atoms with van der Waals surface area (Å²) in [6.45, 7) is 8.03. The highest BCUT2D eigenvalue weighted by Crippen LogP contribution is 2.21. The third-order valence-electron chi connectivity index (χ3n) is 3.09. The fraction of sp³-hybridized carbons (Fsp3) is 0.467. The standard InChI is InChI=1S/C15H21N5OS/c1-11(12-8-6-5-7-9-12)16-13(21)10-22-14-17-18-19-20(14)15(2,3)4/h5-9,11H,10H2,1-4H3,(H,16,21). The molecular weight excluding hydrogens is 298 g/mol. The molecule has 0 aliphatic rings. The predicted molar refractivity (Wildman–Crippen MR) is 86.5 cm³/mol. The molecular formula is C15H21N5OS. The summed E-state index contributed by atoms with van der Waals surface area (Å²) in [6.07, 6.45) is 0. The number of carbonyl (C=O) groups excluding carboxylic acids is 1. The van der Waals surface area contributed by atoms with Crippen LogP contribution in [-0.4, -0.2) is 31.9 Å². The highest BCUT2D eigenvalue weighted by Gasteiger charge is 2.20. The number of hydrogen-bond acceptors (Lipinski definition) is 5. The van der Waals surface area contributed by atoms with E-state index < -0.39 is 0 Å². The van der Waals surface area contributed by atoms with E-state index in [9.17, 15) is 4.79 Å². The van der Waals surface area contributed by atoms with Gasteiger partial charge in [0.1, 0.15) is 0 Å². The van der Waals surface area contributed by atoms with Crippen LogP contribution < -0.4 is 5.32 Å². The molecule has 1 heterocycles. The van der Waals surface area contributed by atoms with Crippen LogP contribution in [0.3, 0.4) is 0 Å². The monoisotopic (exact) mass is 319 g/mol. The van der Waals surface area contributed by atoms with Gasteiger partial charge in [0, 0.05) is 0 Å². The van der Waals surface area contributed by atoms with Crippen LogP contribution in [0.1, 0.15) is 39.3 Å². The second kappa shape index (κ2) is 6.91. The van der Waals surface area contributed by atoms with Crippen molar-refractivity contribution >= 4 is 17.7 Å². The highest BCUT2D eigenvalue weighted by molar-refractivity contribution is 7.99. The van der Waals surface area contributed by atoms with Gasteiger partial charge in [0.25, 0.3) is 0 Å². The van der Waals surface area contributed by atoms with E-state index in [1.165, 1.54) is 11.8 Å². The Morgan fingerprint density at radius 1 is 1.32 bits per heavy atom. The molecule has 1 aromatic carbocycles. The van der Waals surface area contributed by atoms with Gasteiger partial charge in [0.2, 0.25) is 11.1 Å². The van der Waals surface area contributed by atoms with Crippen molar-refractivity contribution in [3.8, 4) is 0 Å². The van der Waals surface area contributed by atoms with Crippen LogP contribution in [0, 0.1) is 0 Å². The van der Waals surface area contributed by atoms with Crippen molar-refractivity contribution in [1.29, 1.82) is 0 Å². The zero-order valence-electron chi connectivity index (χ0n) is 13.3. The Morgan fingerprint density at radius 3 is 2.64 bits per heavy atom. The number of thioether (sulfide) groups is 1. The third-order valence-corrected chi connectivity index (χ3v) is 4.01. The SMILES string of the molecule is CC(NC(=O)CSc1nnnn1C(C)(C)C)c1ccccc1. The minimum atomic E-state index is -0.209. The normalized spacial score (nSPS) is 12.9. The van der Waals surface area contributed by atoms with Crippen molar-refractivity contribution in [1.82, 2.24) is 25.5 Å². The lowest BCUT2D eigenvalue weighted by Gasteiger charge is -2.19. The van der Waals surface area contributed by atoms with E-state index in [4.69, 9.17) is 0 Å². The first-order valence-electron chi connectivity index (χ1n) is 7.14. The van der Waals surface area contributed by atoms with E-state index >= 15 is 0 Å². The Kier molecular flexibility index (Phi) is 5.18. The molecule has 7 heteroatoms. The van der Waals surface area contributed by atoms with Crippen molar-refractivity contribution in [2.24, 2.45) is 0 Å². The van der Waals surface area contributed by atoms with E-state index in [2.05, 4.69) is 20.8 Å². The second-order valence-corrected chi connectivity index (χ2v) is 6.98. The van der Waals surface area contributed by atoms with Crippen molar-refractivity contribution in [2.75, 3.05) is 5.75 Å². The van der Waals surface area contributed by atoms with Gasteiger partial charge in [0.05, 0.1) is 17.3 Å². The van der Waals surface area contributed by atoms with Crippen LogP contribution in [0.25, 0.3) is 0 Å². The van der Waals surface area contributed by atoms with Crippen LogP contribution in [0.2, 0.25) is 0 Å². The molecule has 22 heavy (non-hydrogen) atoms. The molecule has 6 nitrogen and oxygen atoms in total. The van der Waals surface area contributed by atoms with E-state index in [-0.39, 0.29) is 23.2 Å². The summed E-state index contributed by atoms with van der Waals surface area (Å²) in [5, 5.41) is 15.3. The number of nitrogens with one attached hydrogen (secondary N) is 1. The largest absolute Gasteiger partial charge is 0.349 e. The lowest BCUT2D eigenvalue weighted by Crippen LogP contribution is -2.29. The number of benzene rings is 1. The molecule has 2 aromatic rings. The van der Waals surface area contributed by atoms with Gasteiger partial charge >= 0.3 is 0 Å². The van der Waals surface area contributed by atoms with Gasteiger partial charge in [0.15, 0.2) is 0 Å². The van der Waals surface area contributed by atoms with E-state index in [0.29, 0.717) is 5.16 Å². The first kappa shape index (κ1) is 16.5. The molecule has 0 aliphatic carbocycles. The molecule has 1 amide bonds. The Balaban J connectivity index is 1.90. The van der Waals surface area contributed by atoms with Gasteiger partial charge in [-0.2, -0.15) is 0 Å². The summed E-state index contributed by atoms with van der Waals surface area (Å²) in [4.78, 5) is 12.1. The zero-order valence-corrected chi connectivity index (χ0v) is 14.1. The van der Waals surface area contributed by atoms with Gasteiger partial charge < -0.3 is 5.32 Å². The van der Waals surface area contributed by atoms with Crippen molar-refractivity contribution in [2.45, 2.75) is 44.4 Å². The smallest absolute Gasteiger partial charge is 0.230 e. The van der Waals surface area contributed by atoms with E-state index in [0.717, 1.165) is 5.56 Å². The zero-order chi connectivity index (χ0) is 16.2. The first-order valence-corrected chi connectivity index (χ1v) is 8.12. The molecule has 1 aromatic heterocycles. The molecule has 0 fully saturated rings. The number of rotatable bonds is 5. The number of aromatic nitrogens is 4. The van der Waals surface area contributed by atoms with Crippen LogP contribution in [0.4, 0.5) is 0 Å². The Hall–Kier alpha value is -1.89. The summed E-state index contributed by atoms with van der Waals surface area (Å²) in [6, 6.07) is 9.86. The van der Waals surface area contributed by atoms with Crippen molar-refractivity contribution in [3.63, 3.8) is 0 Å². The maximum Gasteiger partial charge on any atom is 0.230 e. The molecule has 1 N–H and O–H groups in total. The first-order chi connectivity index (χ1) is 10.4. The quantitative estimate of drug-likeness (QED) is 0.857. The lowest BCUT2D eigenvalue weighted by molar-refractivity contribution is -0.119. The van der Waals surface area contributed by atoms with E-state index in [1.807, 2.05) is 58.0 Å². The van der Waals surface area contributed by atoms with Gasteiger partial charge in [-0.1, -0.05) is 42.1 Å².